The van der Waals surface area contributed by atoms with E-state index in [9.17, 15) is 4.79 Å². The number of nitrogens with two attached hydrogens (primary N) is 1. The van der Waals surface area contributed by atoms with Crippen molar-refractivity contribution in [2.45, 2.75) is 0 Å². The zero-order valence-corrected chi connectivity index (χ0v) is 10.8. The second-order valence-electron chi connectivity index (χ2n) is 4.10. The molecule has 1 aromatic carbocycles. The third kappa shape index (κ3) is 2.41. The lowest BCUT2D eigenvalue weighted by Crippen LogP contribution is -2.12. The summed E-state index contributed by atoms with van der Waals surface area (Å²) in [7, 11) is 0. The Hall–Kier alpha value is -2.40. The van der Waals surface area contributed by atoms with Crippen LogP contribution in [0.1, 0.15) is 10.4 Å². The maximum absolute atomic E-state index is 12.0. The van der Waals surface area contributed by atoms with Gasteiger partial charge in [-0.3, -0.25) is 4.79 Å². The van der Waals surface area contributed by atoms with Crippen LogP contribution in [0.2, 0.25) is 0 Å². The fourth-order valence-corrected chi connectivity index (χ4v) is 2.56. The van der Waals surface area contributed by atoms with Crippen molar-refractivity contribution in [2.24, 2.45) is 0 Å². The molecule has 0 saturated heterocycles. The lowest BCUT2D eigenvalue weighted by Gasteiger charge is -2.05. The van der Waals surface area contributed by atoms with E-state index in [4.69, 9.17) is 5.73 Å². The third-order valence-corrected chi connectivity index (χ3v) is 3.66. The molecular weight excluding hydrogens is 258 g/mol. The molecule has 0 unspecified atom stereocenters. The molecule has 0 bridgehead atoms. The lowest BCUT2D eigenvalue weighted by atomic mass is 10.2. The highest BCUT2D eigenvalue weighted by atomic mass is 32.1. The number of carbonyl (C=O) groups is 1. The maximum Gasteiger partial charge on any atom is 0.257 e. The molecule has 3 N–H and O–H groups in total. The van der Waals surface area contributed by atoms with Gasteiger partial charge in [0.15, 0.2) is 0 Å². The minimum absolute atomic E-state index is 0.193. The van der Waals surface area contributed by atoms with Gasteiger partial charge in [-0.25, -0.2) is 4.98 Å². The van der Waals surface area contributed by atoms with E-state index in [1.165, 1.54) is 10.9 Å². The normalized spacial score (nSPS) is 10.5. The molecule has 0 aliphatic heterocycles. The fraction of sp³-hybridized carbons (Fsp3) is 0. The van der Waals surface area contributed by atoms with Crippen LogP contribution >= 0.6 is 11.3 Å². The van der Waals surface area contributed by atoms with Gasteiger partial charge in [0.1, 0.15) is 5.82 Å². The number of nitrogens with one attached hydrogen (secondary N) is 1. The number of benzene rings is 1. The first-order chi connectivity index (χ1) is 9.22. The summed E-state index contributed by atoms with van der Waals surface area (Å²) >= 11 is 1.68. The highest BCUT2D eigenvalue weighted by Gasteiger charge is 2.07. The number of hydrogen-bond donors (Lipinski definition) is 2. The second-order valence-corrected chi connectivity index (χ2v) is 5.05. The van der Waals surface area contributed by atoms with E-state index >= 15 is 0 Å². The number of hydrogen-bond acceptors (Lipinski definition) is 4. The molecule has 0 atom stereocenters. The summed E-state index contributed by atoms with van der Waals surface area (Å²) in [6.07, 6.45) is 1.47. The summed E-state index contributed by atoms with van der Waals surface area (Å²) in [4.78, 5) is 15.9. The molecule has 0 radical (unpaired) electrons. The fourth-order valence-electron chi connectivity index (χ4n) is 1.79. The monoisotopic (exact) mass is 269 g/mol. The van der Waals surface area contributed by atoms with Crippen molar-refractivity contribution in [2.75, 3.05) is 11.1 Å². The van der Waals surface area contributed by atoms with Gasteiger partial charge in [-0.05, 0) is 47.2 Å². The van der Waals surface area contributed by atoms with Crippen molar-refractivity contribution in [1.29, 1.82) is 0 Å². The number of anilines is 2. The van der Waals surface area contributed by atoms with Crippen molar-refractivity contribution in [3.63, 3.8) is 0 Å². The van der Waals surface area contributed by atoms with Gasteiger partial charge >= 0.3 is 0 Å². The number of carbonyl (C=O) groups excluding carboxylic acids is 1. The summed E-state index contributed by atoms with van der Waals surface area (Å²) in [5.74, 6) is 0.207. The van der Waals surface area contributed by atoms with E-state index in [2.05, 4.69) is 10.3 Å². The first kappa shape index (κ1) is 11.7. The maximum atomic E-state index is 12.0. The van der Waals surface area contributed by atoms with Crippen molar-refractivity contribution in [1.82, 2.24) is 4.98 Å². The van der Waals surface area contributed by atoms with Gasteiger partial charge in [-0.1, -0.05) is 0 Å². The molecule has 0 aliphatic carbocycles. The molecule has 2 heterocycles. The molecule has 0 fully saturated rings. The Morgan fingerprint density at radius 2 is 2.11 bits per heavy atom. The van der Waals surface area contributed by atoms with Gasteiger partial charge < -0.3 is 11.1 Å². The summed E-state index contributed by atoms with van der Waals surface area (Å²) in [5, 5.41) is 6.00. The van der Waals surface area contributed by atoms with Crippen LogP contribution in [-0.2, 0) is 0 Å². The van der Waals surface area contributed by atoms with Crippen LogP contribution in [0, 0.1) is 0 Å². The standard InChI is InChI=1S/C14H11N3OS/c15-13-4-1-10(8-16-13)14(18)17-11-2-3-12-9(7-11)5-6-19-12/h1-8H,(H2,15,16)(H,17,18). The number of thiophene rings is 1. The van der Waals surface area contributed by atoms with Gasteiger partial charge in [0.05, 0.1) is 5.56 Å². The highest BCUT2D eigenvalue weighted by molar-refractivity contribution is 7.17. The van der Waals surface area contributed by atoms with Crippen LogP contribution in [-0.4, -0.2) is 10.9 Å². The number of rotatable bonds is 2. The molecule has 19 heavy (non-hydrogen) atoms. The Morgan fingerprint density at radius 3 is 2.89 bits per heavy atom. The Labute approximate surface area is 113 Å². The summed E-state index contributed by atoms with van der Waals surface area (Å²) in [6, 6.07) is 11.1. The number of pyridine rings is 1. The first-order valence-electron chi connectivity index (χ1n) is 5.72. The van der Waals surface area contributed by atoms with Crippen LogP contribution < -0.4 is 11.1 Å². The van der Waals surface area contributed by atoms with Crippen molar-refractivity contribution in [3.05, 3.63) is 53.5 Å². The third-order valence-electron chi connectivity index (χ3n) is 2.76. The van der Waals surface area contributed by atoms with Gasteiger partial charge in [-0.2, -0.15) is 0 Å². The lowest BCUT2D eigenvalue weighted by molar-refractivity contribution is 0.102. The largest absolute Gasteiger partial charge is 0.384 e. The first-order valence-corrected chi connectivity index (χ1v) is 6.60. The van der Waals surface area contributed by atoms with E-state index in [0.717, 1.165) is 11.1 Å². The molecule has 0 saturated carbocycles. The average molecular weight is 269 g/mol. The molecule has 4 nitrogen and oxygen atoms in total. The Balaban J connectivity index is 1.83. The van der Waals surface area contributed by atoms with Gasteiger partial charge in [-0.15, -0.1) is 11.3 Å². The Bertz CT molecular complexity index is 734. The van der Waals surface area contributed by atoms with Crippen LogP contribution in [0.5, 0.6) is 0 Å². The molecule has 2 aromatic heterocycles. The zero-order valence-electron chi connectivity index (χ0n) is 9.96. The van der Waals surface area contributed by atoms with Gasteiger partial charge in [0.25, 0.3) is 5.91 Å². The minimum atomic E-state index is -0.193. The average Bonchev–Trinajstić information content (AvgIpc) is 2.87. The van der Waals surface area contributed by atoms with Crippen molar-refractivity contribution < 1.29 is 4.79 Å². The van der Waals surface area contributed by atoms with E-state index in [0.29, 0.717) is 11.4 Å². The van der Waals surface area contributed by atoms with Crippen LogP contribution in [0.25, 0.3) is 10.1 Å². The van der Waals surface area contributed by atoms with Crippen LogP contribution in [0.4, 0.5) is 11.5 Å². The van der Waals surface area contributed by atoms with Gasteiger partial charge in [0, 0.05) is 16.6 Å². The van der Waals surface area contributed by atoms with E-state index in [-0.39, 0.29) is 5.91 Å². The molecule has 5 heteroatoms. The van der Waals surface area contributed by atoms with E-state index < -0.39 is 0 Å². The molecule has 1 amide bonds. The number of aromatic nitrogens is 1. The van der Waals surface area contributed by atoms with Crippen LogP contribution in [0.15, 0.2) is 48.0 Å². The topological polar surface area (TPSA) is 68.0 Å². The van der Waals surface area contributed by atoms with Crippen molar-refractivity contribution in [3.8, 4) is 0 Å². The van der Waals surface area contributed by atoms with Crippen molar-refractivity contribution >= 4 is 38.8 Å². The molecule has 94 valence electrons. The predicted molar refractivity (Wildman–Crippen MR) is 78.4 cm³/mol. The number of nitrogen functional groups attached to an aromatic ring is 1. The second kappa shape index (κ2) is 4.70. The SMILES string of the molecule is Nc1ccc(C(=O)Nc2ccc3sccc3c2)cn1. The molecule has 0 aliphatic rings. The minimum Gasteiger partial charge on any atom is -0.384 e. The molecule has 3 rings (SSSR count). The van der Waals surface area contributed by atoms with E-state index in [1.807, 2.05) is 29.6 Å². The zero-order chi connectivity index (χ0) is 13.2. The summed E-state index contributed by atoms with van der Waals surface area (Å²) < 4.78 is 1.20. The molecular formula is C14H11N3OS. The summed E-state index contributed by atoms with van der Waals surface area (Å²) in [5.41, 5.74) is 6.74. The Morgan fingerprint density at radius 1 is 1.21 bits per heavy atom. The Kier molecular flexibility index (Phi) is 2.89. The smallest absolute Gasteiger partial charge is 0.257 e. The number of fused-ring (bicyclic) bond motifs is 1. The summed E-state index contributed by atoms with van der Waals surface area (Å²) in [6.45, 7) is 0. The molecule has 0 spiro atoms. The van der Waals surface area contributed by atoms with Crippen LogP contribution in [0.3, 0.4) is 0 Å². The highest BCUT2D eigenvalue weighted by Crippen LogP contribution is 2.24. The predicted octanol–water partition coefficient (Wildman–Crippen LogP) is 3.13. The van der Waals surface area contributed by atoms with Gasteiger partial charge in [0.2, 0.25) is 0 Å². The quantitative estimate of drug-likeness (QED) is 0.751. The molecule has 3 aromatic rings. The number of nitrogens with zero attached hydrogens (tertiary/aromatic N) is 1. The number of amides is 1. The van der Waals surface area contributed by atoms with E-state index in [1.54, 1.807) is 23.5 Å².